The number of pyridine rings is 1. The van der Waals surface area contributed by atoms with E-state index in [1.807, 2.05) is 31.2 Å². The zero-order valence-corrected chi connectivity index (χ0v) is 13.0. The molecule has 4 heteroatoms. The summed E-state index contributed by atoms with van der Waals surface area (Å²) in [6, 6.07) is 10.1. The van der Waals surface area contributed by atoms with Crippen LogP contribution in [0.2, 0.25) is 5.15 Å². The average Bonchev–Trinajstić information content (AvgIpc) is 2.81. The fourth-order valence-corrected chi connectivity index (χ4v) is 2.66. The number of aryl methyl sites for hydroxylation is 2. The maximum absolute atomic E-state index is 5.98. The molecule has 1 N–H and O–H groups in total. The van der Waals surface area contributed by atoms with Gasteiger partial charge in [0.1, 0.15) is 16.5 Å². The summed E-state index contributed by atoms with van der Waals surface area (Å²) in [5.41, 5.74) is 3.98. The molecule has 0 bridgehead atoms. The largest absolute Gasteiger partial charge is 0.459 e. The van der Waals surface area contributed by atoms with Crippen molar-refractivity contribution in [2.45, 2.75) is 26.8 Å². The normalized spacial score (nSPS) is 12.6. The van der Waals surface area contributed by atoms with Gasteiger partial charge in [0.2, 0.25) is 0 Å². The van der Waals surface area contributed by atoms with Gasteiger partial charge in [-0.2, -0.15) is 0 Å². The van der Waals surface area contributed by atoms with E-state index in [-0.39, 0.29) is 6.04 Å². The summed E-state index contributed by atoms with van der Waals surface area (Å²) < 4.78 is 5.98. The van der Waals surface area contributed by atoms with Gasteiger partial charge in [0, 0.05) is 10.9 Å². The Morgan fingerprint density at radius 1 is 1.24 bits per heavy atom. The molecule has 2 heterocycles. The number of aromatic nitrogens is 1. The third-order valence-electron chi connectivity index (χ3n) is 3.67. The van der Waals surface area contributed by atoms with Crippen LogP contribution in [0.4, 0.5) is 5.69 Å². The van der Waals surface area contributed by atoms with Crippen LogP contribution in [0.25, 0.3) is 11.0 Å². The molecule has 0 saturated carbocycles. The summed E-state index contributed by atoms with van der Waals surface area (Å²) in [5.74, 6) is 0.948. The van der Waals surface area contributed by atoms with Crippen molar-refractivity contribution in [1.29, 1.82) is 0 Å². The first-order chi connectivity index (χ1) is 10.1. The lowest BCUT2D eigenvalue weighted by Gasteiger charge is -2.14. The highest BCUT2D eigenvalue weighted by Crippen LogP contribution is 2.31. The van der Waals surface area contributed by atoms with E-state index in [1.54, 1.807) is 6.20 Å². The number of hydrogen-bond acceptors (Lipinski definition) is 3. The summed E-state index contributed by atoms with van der Waals surface area (Å²) in [4.78, 5) is 4.16. The van der Waals surface area contributed by atoms with E-state index in [2.05, 4.69) is 30.2 Å². The summed E-state index contributed by atoms with van der Waals surface area (Å²) >= 11 is 5.96. The minimum absolute atomic E-state index is 0.0553. The lowest BCUT2D eigenvalue weighted by atomic mass is 10.1. The Balaban J connectivity index is 1.91. The van der Waals surface area contributed by atoms with E-state index < -0.39 is 0 Å². The van der Waals surface area contributed by atoms with Crippen molar-refractivity contribution in [1.82, 2.24) is 4.98 Å². The van der Waals surface area contributed by atoms with Crippen LogP contribution in [0.3, 0.4) is 0 Å². The molecule has 0 saturated heterocycles. The minimum Gasteiger partial charge on any atom is -0.459 e. The molecule has 1 atom stereocenters. The number of nitrogens with zero attached hydrogens (tertiary/aromatic N) is 1. The van der Waals surface area contributed by atoms with Crippen molar-refractivity contribution < 1.29 is 4.42 Å². The predicted octanol–water partition coefficient (Wildman–Crippen LogP) is 5.27. The van der Waals surface area contributed by atoms with E-state index in [1.165, 1.54) is 5.56 Å². The van der Waals surface area contributed by atoms with Gasteiger partial charge in [-0.25, -0.2) is 4.98 Å². The Bertz CT molecular complexity index is 795. The van der Waals surface area contributed by atoms with Gasteiger partial charge in [-0.05, 0) is 38.5 Å². The number of anilines is 1. The van der Waals surface area contributed by atoms with Crippen molar-refractivity contribution in [2.75, 3.05) is 5.32 Å². The number of hydrogen-bond donors (Lipinski definition) is 1. The molecule has 3 rings (SSSR count). The van der Waals surface area contributed by atoms with Gasteiger partial charge in [0.25, 0.3) is 0 Å². The van der Waals surface area contributed by atoms with Crippen molar-refractivity contribution in [3.05, 3.63) is 58.6 Å². The number of fused-ring (bicyclic) bond motifs is 1. The zero-order chi connectivity index (χ0) is 15.0. The van der Waals surface area contributed by atoms with Gasteiger partial charge in [-0.1, -0.05) is 29.8 Å². The van der Waals surface area contributed by atoms with Gasteiger partial charge in [-0.15, -0.1) is 0 Å². The second-order valence-electron chi connectivity index (χ2n) is 5.29. The predicted molar refractivity (Wildman–Crippen MR) is 87.0 cm³/mol. The topological polar surface area (TPSA) is 38.1 Å². The Morgan fingerprint density at radius 3 is 2.71 bits per heavy atom. The van der Waals surface area contributed by atoms with Crippen LogP contribution in [-0.2, 0) is 0 Å². The maximum atomic E-state index is 5.98. The van der Waals surface area contributed by atoms with Crippen LogP contribution in [0.15, 0.2) is 40.9 Å². The van der Waals surface area contributed by atoms with Crippen molar-refractivity contribution >= 4 is 28.3 Å². The third kappa shape index (κ3) is 2.61. The first-order valence-electron chi connectivity index (χ1n) is 6.93. The van der Waals surface area contributed by atoms with Crippen LogP contribution >= 0.6 is 11.6 Å². The summed E-state index contributed by atoms with van der Waals surface area (Å²) in [6.07, 6.45) is 1.74. The zero-order valence-electron chi connectivity index (χ0n) is 12.3. The maximum Gasteiger partial charge on any atom is 0.134 e. The fourth-order valence-electron chi connectivity index (χ4n) is 2.56. The second-order valence-corrected chi connectivity index (χ2v) is 5.64. The van der Waals surface area contributed by atoms with Crippen LogP contribution in [-0.4, -0.2) is 4.98 Å². The lowest BCUT2D eigenvalue weighted by molar-refractivity contribution is 0.522. The fraction of sp³-hybridized carbons (Fsp3) is 0.235. The highest BCUT2D eigenvalue weighted by Gasteiger charge is 2.16. The van der Waals surface area contributed by atoms with Crippen molar-refractivity contribution in [3.8, 4) is 0 Å². The molecule has 0 fully saturated rings. The molecule has 21 heavy (non-hydrogen) atoms. The molecule has 3 aromatic rings. The van der Waals surface area contributed by atoms with E-state index in [0.29, 0.717) is 5.15 Å². The van der Waals surface area contributed by atoms with Gasteiger partial charge in [-0.3, -0.25) is 0 Å². The number of para-hydroxylation sites is 1. The molecule has 0 aliphatic rings. The van der Waals surface area contributed by atoms with Gasteiger partial charge in [0.15, 0.2) is 0 Å². The second kappa shape index (κ2) is 5.41. The smallest absolute Gasteiger partial charge is 0.134 e. The quantitative estimate of drug-likeness (QED) is 0.669. The first-order valence-corrected chi connectivity index (χ1v) is 7.31. The Kier molecular flexibility index (Phi) is 3.60. The molecule has 0 spiro atoms. The monoisotopic (exact) mass is 300 g/mol. The molecular formula is C17H17ClN2O. The van der Waals surface area contributed by atoms with Crippen molar-refractivity contribution in [3.63, 3.8) is 0 Å². The van der Waals surface area contributed by atoms with Crippen LogP contribution < -0.4 is 5.32 Å². The first kappa shape index (κ1) is 14.0. The average molecular weight is 301 g/mol. The SMILES string of the molecule is Cc1cc(NC(C)c2oc3ccccc3c2C)cnc1Cl. The minimum atomic E-state index is 0.0553. The van der Waals surface area contributed by atoms with E-state index in [0.717, 1.165) is 28.0 Å². The highest BCUT2D eigenvalue weighted by molar-refractivity contribution is 6.30. The number of benzene rings is 1. The van der Waals surface area contributed by atoms with E-state index >= 15 is 0 Å². The summed E-state index contributed by atoms with van der Waals surface area (Å²) in [7, 11) is 0. The van der Waals surface area contributed by atoms with E-state index in [9.17, 15) is 0 Å². The standard InChI is InChI=1S/C17H17ClN2O/c1-10-8-13(9-19-17(10)18)20-12(3)16-11(2)14-6-4-5-7-15(14)21-16/h4-9,12,20H,1-3H3. The Labute approximate surface area is 128 Å². The molecule has 1 aromatic carbocycles. The molecule has 1 unspecified atom stereocenters. The molecule has 0 radical (unpaired) electrons. The molecule has 108 valence electrons. The van der Waals surface area contributed by atoms with Crippen LogP contribution in [0, 0.1) is 13.8 Å². The number of nitrogens with one attached hydrogen (secondary N) is 1. The van der Waals surface area contributed by atoms with Crippen LogP contribution in [0.5, 0.6) is 0 Å². The van der Waals surface area contributed by atoms with Gasteiger partial charge >= 0.3 is 0 Å². The Morgan fingerprint density at radius 2 is 2.00 bits per heavy atom. The molecular weight excluding hydrogens is 284 g/mol. The third-order valence-corrected chi connectivity index (χ3v) is 4.07. The number of rotatable bonds is 3. The van der Waals surface area contributed by atoms with Crippen molar-refractivity contribution in [2.24, 2.45) is 0 Å². The van der Waals surface area contributed by atoms with Gasteiger partial charge < -0.3 is 9.73 Å². The molecule has 2 aromatic heterocycles. The molecule has 0 aliphatic heterocycles. The van der Waals surface area contributed by atoms with Gasteiger partial charge in [0.05, 0.1) is 17.9 Å². The Hall–Kier alpha value is -2.00. The molecule has 3 nitrogen and oxygen atoms in total. The molecule has 0 amide bonds. The molecule has 0 aliphatic carbocycles. The number of furan rings is 1. The lowest BCUT2D eigenvalue weighted by Crippen LogP contribution is -2.07. The number of halogens is 1. The van der Waals surface area contributed by atoms with Crippen LogP contribution in [0.1, 0.15) is 29.9 Å². The summed E-state index contributed by atoms with van der Waals surface area (Å²) in [5, 5.41) is 5.11. The van der Waals surface area contributed by atoms with E-state index in [4.69, 9.17) is 16.0 Å². The highest BCUT2D eigenvalue weighted by atomic mass is 35.5. The summed E-state index contributed by atoms with van der Waals surface area (Å²) in [6.45, 7) is 6.11.